The molecule has 1 aliphatic heterocycles. The molecule has 0 fully saturated rings. The molecule has 6 heteroatoms. The number of carbonyl (C=O) groups is 1. The Morgan fingerprint density at radius 1 is 1.05 bits per heavy atom. The van der Waals surface area contributed by atoms with Crippen LogP contribution in [0.4, 0.5) is 4.39 Å². The lowest BCUT2D eigenvalue weighted by Crippen LogP contribution is -2.37. The Bertz CT molecular complexity index is 1400. The van der Waals surface area contributed by atoms with E-state index in [4.69, 9.17) is 9.47 Å². The van der Waals surface area contributed by atoms with Crippen LogP contribution in [0.2, 0.25) is 0 Å². The van der Waals surface area contributed by atoms with Gasteiger partial charge in [0.25, 0.3) is 0 Å². The second-order valence-electron chi connectivity index (χ2n) is 9.32. The first-order chi connectivity index (χ1) is 18.0. The number of fused-ring (bicyclic) bond motifs is 2. The van der Waals surface area contributed by atoms with Gasteiger partial charge in [0.15, 0.2) is 18.2 Å². The van der Waals surface area contributed by atoms with Gasteiger partial charge < -0.3 is 19.5 Å². The third kappa shape index (κ3) is 5.44. The first kappa shape index (κ1) is 24.8. The molecule has 190 valence electrons. The maximum atomic E-state index is 14.4. The molecule has 4 aromatic carbocycles. The predicted octanol–water partition coefficient (Wildman–Crippen LogP) is 6.16. The number of hydrogen-bond donors (Lipinski definition) is 1. The van der Waals surface area contributed by atoms with E-state index in [0.717, 1.165) is 16.9 Å². The summed E-state index contributed by atoms with van der Waals surface area (Å²) in [5.41, 5.74) is 3.20. The second-order valence-corrected chi connectivity index (χ2v) is 9.32. The Balaban J connectivity index is 1.35. The summed E-state index contributed by atoms with van der Waals surface area (Å²) in [6.07, 6.45) is 0.635. The quantitative estimate of drug-likeness (QED) is 0.294. The Hall–Kier alpha value is -3.90. The molecule has 0 aromatic heterocycles. The van der Waals surface area contributed by atoms with Crippen molar-refractivity contribution < 1.29 is 23.4 Å². The Morgan fingerprint density at radius 3 is 2.70 bits per heavy atom. The van der Waals surface area contributed by atoms with Gasteiger partial charge in [0, 0.05) is 24.1 Å². The minimum atomic E-state index is -0.562. The highest BCUT2D eigenvalue weighted by Crippen LogP contribution is 2.41. The molecule has 1 heterocycles. The van der Waals surface area contributed by atoms with E-state index in [1.54, 1.807) is 12.1 Å². The summed E-state index contributed by atoms with van der Waals surface area (Å²) >= 11 is 0. The number of carbonyl (C=O) groups excluding carboxylic acids is 1. The SMILES string of the molecule is COC(=O)COc1cc([C@H]2C[C@H](CN[C@H](C)c3cccc4ccccc34)Oc3ccccc32)ccc1F. The lowest BCUT2D eigenvalue weighted by atomic mass is 9.84. The van der Waals surface area contributed by atoms with Crippen LogP contribution in [0.5, 0.6) is 11.5 Å². The molecule has 0 spiro atoms. The largest absolute Gasteiger partial charge is 0.489 e. The van der Waals surface area contributed by atoms with Crippen LogP contribution in [0.25, 0.3) is 10.8 Å². The molecule has 3 atom stereocenters. The van der Waals surface area contributed by atoms with E-state index in [2.05, 4.69) is 59.4 Å². The molecule has 0 unspecified atom stereocenters. The van der Waals surface area contributed by atoms with Crippen molar-refractivity contribution in [1.82, 2.24) is 5.32 Å². The average Bonchev–Trinajstić information content (AvgIpc) is 2.94. The number of ether oxygens (including phenoxy) is 3. The average molecular weight is 500 g/mol. The zero-order chi connectivity index (χ0) is 25.8. The van der Waals surface area contributed by atoms with Crippen LogP contribution in [-0.2, 0) is 9.53 Å². The zero-order valence-corrected chi connectivity index (χ0v) is 20.9. The van der Waals surface area contributed by atoms with Crippen molar-refractivity contribution in [2.75, 3.05) is 20.3 Å². The van der Waals surface area contributed by atoms with Gasteiger partial charge >= 0.3 is 5.97 Å². The maximum absolute atomic E-state index is 14.4. The van der Waals surface area contributed by atoms with E-state index in [9.17, 15) is 9.18 Å². The Labute approximate surface area is 216 Å². The van der Waals surface area contributed by atoms with Crippen molar-refractivity contribution in [3.05, 3.63) is 107 Å². The summed E-state index contributed by atoms with van der Waals surface area (Å²) in [6, 6.07) is 27.7. The van der Waals surface area contributed by atoms with Gasteiger partial charge in [-0.15, -0.1) is 0 Å². The molecule has 37 heavy (non-hydrogen) atoms. The highest BCUT2D eigenvalue weighted by Gasteiger charge is 2.30. The second kappa shape index (κ2) is 11.0. The fraction of sp³-hybridized carbons (Fsp3) is 0.258. The van der Waals surface area contributed by atoms with Crippen molar-refractivity contribution in [2.24, 2.45) is 0 Å². The standard InChI is InChI=1S/C31H30FNO4/c1-20(24-12-7-9-21-8-3-4-10-25(21)24)33-18-23-17-27(26-11-5-6-13-29(26)37-23)22-14-15-28(32)30(16-22)36-19-31(34)35-2/h3-16,20,23,27,33H,17-19H2,1-2H3/t20-,23-,27-/m1/s1. The number of halogens is 1. The summed E-state index contributed by atoms with van der Waals surface area (Å²) in [7, 11) is 1.27. The minimum Gasteiger partial charge on any atom is -0.489 e. The predicted molar refractivity (Wildman–Crippen MR) is 142 cm³/mol. The normalized spacial score (nSPS) is 17.5. The van der Waals surface area contributed by atoms with Crippen LogP contribution in [0.15, 0.2) is 84.9 Å². The van der Waals surface area contributed by atoms with Gasteiger partial charge in [-0.3, -0.25) is 0 Å². The maximum Gasteiger partial charge on any atom is 0.343 e. The molecule has 0 aliphatic carbocycles. The molecule has 0 amide bonds. The van der Waals surface area contributed by atoms with E-state index < -0.39 is 11.8 Å². The molecule has 0 saturated heterocycles. The fourth-order valence-corrected chi connectivity index (χ4v) is 5.02. The molecule has 5 nitrogen and oxygen atoms in total. The van der Waals surface area contributed by atoms with Crippen LogP contribution in [-0.4, -0.2) is 32.3 Å². The molecule has 4 aromatic rings. The van der Waals surface area contributed by atoms with Gasteiger partial charge in [-0.05, 0) is 53.4 Å². The van der Waals surface area contributed by atoms with Gasteiger partial charge in [-0.2, -0.15) is 0 Å². The summed E-state index contributed by atoms with van der Waals surface area (Å²) < 4.78 is 30.8. The lowest BCUT2D eigenvalue weighted by Gasteiger charge is -2.33. The highest BCUT2D eigenvalue weighted by atomic mass is 19.1. The van der Waals surface area contributed by atoms with Gasteiger partial charge in [0.1, 0.15) is 11.9 Å². The molecule has 0 bridgehead atoms. The van der Waals surface area contributed by atoms with Crippen LogP contribution >= 0.6 is 0 Å². The number of rotatable bonds is 8. The third-order valence-corrected chi connectivity index (χ3v) is 6.96. The van der Waals surface area contributed by atoms with Crippen molar-refractivity contribution in [1.29, 1.82) is 0 Å². The first-order valence-corrected chi connectivity index (χ1v) is 12.5. The van der Waals surface area contributed by atoms with Gasteiger partial charge in [-0.25, -0.2) is 9.18 Å². The molecular formula is C31H30FNO4. The molecule has 0 saturated carbocycles. The van der Waals surface area contributed by atoms with Crippen LogP contribution < -0.4 is 14.8 Å². The minimum absolute atomic E-state index is 0.00862. The summed E-state index contributed by atoms with van der Waals surface area (Å²) in [5.74, 6) is -0.232. The molecule has 0 radical (unpaired) electrons. The Morgan fingerprint density at radius 2 is 1.84 bits per heavy atom. The van der Waals surface area contributed by atoms with Crippen LogP contribution in [0.3, 0.4) is 0 Å². The molecular weight excluding hydrogens is 469 g/mol. The van der Waals surface area contributed by atoms with Crippen molar-refractivity contribution in [3.63, 3.8) is 0 Å². The van der Waals surface area contributed by atoms with E-state index >= 15 is 0 Å². The van der Waals surface area contributed by atoms with Gasteiger partial charge in [0.2, 0.25) is 0 Å². The number of nitrogens with one attached hydrogen (secondary N) is 1. The number of para-hydroxylation sites is 1. The van der Waals surface area contributed by atoms with Crippen molar-refractivity contribution in [3.8, 4) is 11.5 Å². The fourth-order valence-electron chi connectivity index (χ4n) is 5.02. The van der Waals surface area contributed by atoms with Crippen molar-refractivity contribution in [2.45, 2.75) is 31.4 Å². The molecule has 5 rings (SSSR count). The molecule has 1 aliphatic rings. The number of benzene rings is 4. The van der Waals surface area contributed by atoms with E-state index in [1.807, 2.05) is 24.3 Å². The van der Waals surface area contributed by atoms with Crippen LogP contribution in [0, 0.1) is 5.82 Å². The van der Waals surface area contributed by atoms with Gasteiger partial charge in [-0.1, -0.05) is 66.7 Å². The summed E-state index contributed by atoms with van der Waals surface area (Å²) in [5, 5.41) is 6.12. The van der Waals surface area contributed by atoms with Gasteiger partial charge in [0.05, 0.1) is 7.11 Å². The summed E-state index contributed by atoms with van der Waals surface area (Å²) in [6.45, 7) is 2.48. The molecule has 1 N–H and O–H groups in total. The summed E-state index contributed by atoms with van der Waals surface area (Å²) in [4.78, 5) is 11.5. The number of methoxy groups -OCH3 is 1. The van der Waals surface area contributed by atoms with E-state index in [1.165, 1.54) is 29.5 Å². The number of esters is 1. The van der Waals surface area contributed by atoms with E-state index in [-0.39, 0.29) is 30.4 Å². The Kier molecular flexibility index (Phi) is 7.37. The first-order valence-electron chi connectivity index (χ1n) is 12.5. The smallest absolute Gasteiger partial charge is 0.343 e. The topological polar surface area (TPSA) is 56.8 Å². The highest BCUT2D eigenvalue weighted by molar-refractivity contribution is 5.86. The van der Waals surface area contributed by atoms with Crippen LogP contribution in [0.1, 0.15) is 42.0 Å². The number of hydrogen-bond acceptors (Lipinski definition) is 5. The lowest BCUT2D eigenvalue weighted by molar-refractivity contribution is -0.142. The van der Waals surface area contributed by atoms with E-state index in [0.29, 0.717) is 13.0 Å². The monoisotopic (exact) mass is 499 g/mol. The third-order valence-electron chi connectivity index (χ3n) is 6.96. The van der Waals surface area contributed by atoms with Crippen molar-refractivity contribution >= 4 is 16.7 Å². The zero-order valence-electron chi connectivity index (χ0n) is 20.9.